The lowest BCUT2D eigenvalue weighted by atomic mass is 10.0. The molecule has 1 fully saturated rings. The van der Waals surface area contributed by atoms with E-state index in [1.165, 1.54) is 6.20 Å². The molecule has 0 aliphatic carbocycles. The molecule has 2 aromatic rings. The van der Waals surface area contributed by atoms with E-state index in [1.54, 1.807) is 26.2 Å². The predicted molar refractivity (Wildman–Crippen MR) is 89.1 cm³/mol. The second kappa shape index (κ2) is 6.77. The largest absolute Gasteiger partial charge is 0.350 e. The van der Waals surface area contributed by atoms with Crippen LogP contribution >= 0.6 is 0 Å². The van der Waals surface area contributed by atoms with Gasteiger partial charge >= 0.3 is 0 Å². The monoisotopic (exact) mass is 328 g/mol. The molecule has 126 valence electrons. The Balaban J connectivity index is 1.70. The van der Waals surface area contributed by atoms with Crippen molar-refractivity contribution in [2.75, 3.05) is 18.0 Å². The molecule has 8 nitrogen and oxygen atoms in total. The van der Waals surface area contributed by atoms with Crippen LogP contribution in [0, 0.1) is 13.8 Å². The van der Waals surface area contributed by atoms with Crippen molar-refractivity contribution in [1.29, 1.82) is 0 Å². The zero-order valence-corrected chi connectivity index (χ0v) is 13.7. The molecule has 2 N–H and O–H groups in total. The maximum atomic E-state index is 12.5. The summed E-state index contributed by atoms with van der Waals surface area (Å²) in [5.74, 6) is 0.850. The minimum atomic E-state index is -0.216. The standard InChI is InChI=1S/C16H20N6O2/c1-10-13(8-19-11(2)20-10)15(23)21-12-4-3-7-22(9-12)14-16(24)18-6-5-17-14/h5-6,8,12H,3-4,7,9H2,1-2H3,(H,18,24)(H,21,23)/t12-/m0/s1. The van der Waals surface area contributed by atoms with Crippen molar-refractivity contribution >= 4 is 11.7 Å². The number of aromatic nitrogens is 4. The van der Waals surface area contributed by atoms with E-state index in [-0.39, 0.29) is 17.5 Å². The van der Waals surface area contributed by atoms with E-state index in [2.05, 4.69) is 25.3 Å². The molecule has 1 amide bonds. The number of anilines is 1. The smallest absolute Gasteiger partial charge is 0.290 e. The molecule has 0 bridgehead atoms. The molecule has 0 aromatic carbocycles. The van der Waals surface area contributed by atoms with Crippen molar-refractivity contribution in [1.82, 2.24) is 25.3 Å². The van der Waals surface area contributed by atoms with E-state index in [9.17, 15) is 9.59 Å². The highest BCUT2D eigenvalue weighted by Gasteiger charge is 2.24. The van der Waals surface area contributed by atoms with Gasteiger partial charge in [0, 0.05) is 37.7 Å². The molecule has 24 heavy (non-hydrogen) atoms. The number of amides is 1. The summed E-state index contributed by atoms with van der Waals surface area (Å²) in [6, 6.07) is -0.0478. The average molecular weight is 328 g/mol. The summed E-state index contributed by atoms with van der Waals surface area (Å²) in [5, 5.41) is 3.01. The molecule has 3 rings (SSSR count). The van der Waals surface area contributed by atoms with Crippen LogP contribution in [0.5, 0.6) is 0 Å². The second-order valence-corrected chi connectivity index (χ2v) is 5.92. The molecule has 3 heterocycles. The number of piperidine rings is 1. The average Bonchev–Trinajstić information content (AvgIpc) is 2.55. The highest BCUT2D eigenvalue weighted by molar-refractivity contribution is 5.95. The van der Waals surface area contributed by atoms with Crippen LogP contribution in [-0.4, -0.2) is 45.0 Å². The number of rotatable bonds is 3. The van der Waals surface area contributed by atoms with Gasteiger partial charge in [-0.05, 0) is 26.7 Å². The summed E-state index contributed by atoms with van der Waals surface area (Å²) in [6.07, 6.45) is 6.36. The molecular formula is C16H20N6O2. The van der Waals surface area contributed by atoms with Crippen LogP contribution in [0.4, 0.5) is 5.82 Å². The van der Waals surface area contributed by atoms with Gasteiger partial charge in [0.25, 0.3) is 11.5 Å². The third-order valence-corrected chi connectivity index (χ3v) is 4.09. The molecule has 0 radical (unpaired) electrons. The number of nitrogens with zero attached hydrogens (tertiary/aromatic N) is 4. The van der Waals surface area contributed by atoms with Gasteiger partial charge in [-0.15, -0.1) is 0 Å². The molecule has 0 unspecified atom stereocenters. The van der Waals surface area contributed by atoms with Crippen LogP contribution in [-0.2, 0) is 0 Å². The second-order valence-electron chi connectivity index (χ2n) is 5.92. The quantitative estimate of drug-likeness (QED) is 0.854. The first-order valence-electron chi connectivity index (χ1n) is 7.94. The summed E-state index contributed by atoms with van der Waals surface area (Å²) in [7, 11) is 0. The first-order valence-corrected chi connectivity index (χ1v) is 7.94. The van der Waals surface area contributed by atoms with E-state index < -0.39 is 0 Å². The predicted octanol–water partition coefficient (Wildman–Crippen LogP) is 0.576. The molecule has 1 aliphatic rings. The Morgan fingerprint density at radius 2 is 2.21 bits per heavy atom. The number of aryl methyl sites for hydroxylation is 2. The van der Waals surface area contributed by atoms with Crippen LogP contribution in [0.1, 0.15) is 34.7 Å². The fraction of sp³-hybridized carbons (Fsp3) is 0.438. The zero-order chi connectivity index (χ0) is 17.1. The Morgan fingerprint density at radius 3 is 2.96 bits per heavy atom. The number of aromatic amines is 1. The lowest BCUT2D eigenvalue weighted by Crippen LogP contribution is -2.49. The Hall–Kier alpha value is -2.77. The lowest BCUT2D eigenvalue weighted by Gasteiger charge is -2.33. The SMILES string of the molecule is Cc1ncc(C(=O)N[C@H]2CCCN(c3ncc[nH]c3=O)C2)c(C)n1. The molecule has 1 aliphatic heterocycles. The number of H-pyrrole nitrogens is 1. The third kappa shape index (κ3) is 3.42. The third-order valence-electron chi connectivity index (χ3n) is 4.09. The zero-order valence-electron chi connectivity index (χ0n) is 13.7. The number of hydrogen-bond acceptors (Lipinski definition) is 6. The van der Waals surface area contributed by atoms with Gasteiger partial charge in [-0.2, -0.15) is 0 Å². The van der Waals surface area contributed by atoms with Gasteiger partial charge < -0.3 is 15.2 Å². The fourth-order valence-corrected chi connectivity index (χ4v) is 2.93. The summed E-state index contributed by atoms with van der Waals surface area (Å²) >= 11 is 0. The van der Waals surface area contributed by atoms with Gasteiger partial charge in [0.15, 0.2) is 5.82 Å². The van der Waals surface area contributed by atoms with E-state index in [0.29, 0.717) is 29.4 Å². The first-order chi connectivity index (χ1) is 11.5. The summed E-state index contributed by atoms with van der Waals surface area (Å²) in [6.45, 7) is 4.89. The van der Waals surface area contributed by atoms with Crippen molar-refractivity contribution in [2.24, 2.45) is 0 Å². The Labute approximate surface area is 139 Å². The maximum absolute atomic E-state index is 12.5. The molecule has 0 spiro atoms. The minimum absolute atomic E-state index is 0.0478. The normalized spacial score (nSPS) is 17.6. The minimum Gasteiger partial charge on any atom is -0.350 e. The van der Waals surface area contributed by atoms with Crippen molar-refractivity contribution < 1.29 is 4.79 Å². The van der Waals surface area contributed by atoms with Crippen molar-refractivity contribution in [3.63, 3.8) is 0 Å². The van der Waals surface area contributed by atoms with Crippen molar-refractivity contribution in [3.05, 3.63) is 46.0 Å². The highest BCUT2D eigenvalue weighted by Crippen LogP contribution is 2.15. The van der Waals surface area contributed by atoms with Gasteiger partial charge in [0.2, 0.25) is 0 Å². The molecule has 2 aromatic heterocycles. The van der Waals surface area contributed by atoms with Gasteiger partial charge in [-0.1, -0.05) is 0 Å². The molecule has 0 saturated carbocycles. The van der Waals surface area contributed by atoms with E-state index in [4.69, 9.17) is 0 Å². The summed E-state index contributed by atoms with van der Waals surface area (Å²) < 4.78 is 0. The van der Waals surface area contributed by atoms with Crippen LogP contribution in [0.3, 0.4) is 0 Å². The number of hydrogen-bond donors (Lipinski definition) is 2. The number of carbonyl (C=O) groups is 1. The first kappa shape index (κ1) is 16.1. The maximum Gasteiger partial charge on any atom is 0.290 e. The highest BCUT2D eigenvalue weighted by atomic mass is 16.2. The van der Waals surface area contributed by atoms with Gasteiger partial charge in [0.05, 0.1) is 11.3 Å². The van der Waals surface area contributed by atoms with E-state index in [1.807, 2.05) is 4.90 Å². The summed E-state index contributed by atoms with van der Waals surface area (Å²) in [5.41, 5.74) is 0.925. The lowest BCUT2D eigenvalue weighted by molar-refractivity contribution is 0.0931. The van der Waals surface area contributed by atoms with Gasteiger partial charge in [0.1, 0.15) is 5.82 Å². The van der Waals surface area contributed by atoms with Gasteiger partial charge in [-0.3, -0.25) is 9.59 Å². The Morgan fingerprint density at radius 1 is 1.38 bits per heavy atom. The van der Waals surface area contributed by atoms with Gasteiger partial charge in [-0.25, -0.2) is 15.0 Å². The number of carbonyl (C=O) groups excluding carboxylic acids is 1. The number of nitrogens with one attached hydrogen (secondary N) is 2. The van der Waals surface area contributed by atoms with Crippen molar-refractivity contribution in [3.8, 4) is 0 Å². The van der Waals surface area contributed by atoms with Crippen molar-refractivity contribution in [2.45, 2.75) is 32.7 Å². The van der Waals surface area contributed by atoms with Crippen LogP contribution in [0.25, 0.3) is 0 Å². The topological polar surface area (TPSA) is 104 Å². The van der Waals surface area contributed by atoms with Crippen LogP contribution in [0.2, 0.25) is 0 Å². The summed E-state index contributed by atoms with van der Waals surface area (Å²) in [4.78, 5) is 41.3. The van der Waals surface area contributed by atoms with E-state index >= 15 is 0 Å². The van der Waals surface area contributed by atoms with Crippen LogP contribution < -0.4 is 15.8 Å². The molecule has 1 saturated heterocycles. The molecule has 1 atom stereocenters. The fourth-order valence-electron chi connectivity index (χ4n) is 2.93. The Bertz CT molecular complexity index is 803. The Kier molecular flexibility index (Phi) is 4.54. The van der Waals surface area contributed by atoms with E-state index in [0.717, 1.165) is 19.4 Å². The van der Waals surface area contributed by atoms with Crippen LogP contribution in [0.15, 0.2) is 23.4 Å². The molecular weight excluding hydrogens is 308 g/mol. The molecule has 8 heteroatoms.